The van der Waals surface area contributed by atoms with Crippen molar-refractivity contribution in [1.82, 2.24) is 0 Å². The maximum absolute atomic E-state index is 12.8. The van der Waals surface area contributed by atoms with Gasteiger partial charge in [0.05, 0.1) is 5.56 Å². The van der Waals surface area contributed by atoms with E-state index in [4.69, 9.17) is 9.47 Å². The van der Waals surface area contributed by atoms with Crippen LogP contribution in [0.25, 0.3) is 0 Å². The first-order valence-electron chi connectivity index (χ1n) is 6.37. The molecule has 2 aromatic carbocycles. The average Bonchev–Trinajstić information content (AvgIpc) is 2.48. The van der Waals surface area contributed by atoms with E-state index in [1.807, 2.05) is 0 Å². The van der Waals surface area contributed by atoms with Crippen molar-refractivity contribution in [2.24, 2.45) is 0 Å². The zero-order valence-corrected chi connectivity index (χ0v) is 11.3. The highest BCUT2D eigenvalue weighted by atomic mass is 19.1. The second-order valence-electron chi connectivity index (χ2n) is 4.20. The van der Waals surface area contributed by atoms with Crippen LogP contribution in [0.1, 0.15) is 23.7 Å². The fourth-order valence-corrected chi connectivity index (χ4v) is 1.56. The summed E-state index contributed by atoms with van der Waals surface area (Å²) < 4.78 is 23.0. The van der Waals surface area contributed by atoms with Gasteiger partial charge in [0.2, 0.25) is 0 Å². The minimum Gasteiger partial charge on any atom is -0.426 e. The molecule has 2 aromatic rings. The van der Waals surface area contributed by atoms with E-state index >= 15 is 0 Å². The number of hydrogen-bond acceptors (Lipinski definition) is 4. The number of ether oxygens (including phenoxy) is 2. The van der Waals surface area contributed by atoms with Crippen molar-refractivity contribution >= 4 is 11.9 Å². The maximum Gasteiger partial charge on any atom is 0.343 e. The molecule has 0 heterocycles. The molecule has 0 aliphatic carbocycles. The Labute approximate surface area is 121 Å². The van der Waals surface area contributed by atoms with Gasteiger partial charge in [-0.15, -0.1) is 0 Å². The molecule has 108 valence electrons. The first-order chi connectivity index (χ1) is 10.1. The lowest BCUT2D eigenvalue weighted by Crippen LogP contribution is -2.09. The number of carbonyl (C=O) groups excluding carboxylic acids is 2. The van der Waals surface area contributed by atoms with Gasteiger partial charge >= 0.3 is 11.9 Å². The van der Waals surface area contributed by atoms with E-state index in [2.05, 4.69) is 0 Å². The van der Waals surface area contributed by atoms with Gasteiger partial charge in [-0.1, -0.05) is 13.0 Å². The fraction of sp³-hybridized carbons (Fsp3) is 0.125. The molecule has 0 saturated carbocycles. The Morgan fingerprint density at radius 2 is 1.62 bits per heavy atom. The molecule has 0 N–H and O–H groups in total. The molecule has 0 bridgehead atoms. The van der Waals surface area contributed by atoms with Gasteiger partial charge in [0, 0.05) is 12.5 Å². The summed E-state index contributed by atoms with van der Waals surface area (Å²) in [4.78, 5) is 23.1. The lowest BCUT2D eigenvalue weighted by Gasteiger charge is -2.07. The highest BCUT2D eigenvalue weighted by Gasteiger charge is 2.10. The number of carbonyl (C=O) groups is 2. The predicted molar refractivity (Wildman–Crippen MR) is 73.7 cm³/mol. The van der Waals surface area contributed by atoms with Crippen LogP contribution in [0.2, 0.25) is 0 Å². The summed E-state index contributed by atoms with van der Waals surface area (Å²) in [6.45, 7) is 1.68. The summed E-state index contributed by atoms with van der Waals surface area (Å²) in [5.41, 5.74) is 0.229. The van der Waals surface area contributed by atoms with Gasteiger partial charge in [0.1, 0.15) is 17.3 Å². The molecule has 4 nitrogen and oxygen atoms in total. The molecule has 0 saturated heterocycles. The zero-order valence-electron chi connectivity index (χ0n) is 11.3. The summed E-state index contributed by atoms with van der Waals surface area (Å²) in [5, 5.41) is 0. The third-order valence-corrected chi connectivity index (χ3v) is 2.62. The Balaban J connectivity index is 2.08. The van der Waals surface area contributed by atoms with Gasteiger partial charge in [0.15, 0.2) is 0 Å². The third kappa shape index (κ3) is 4.14. The Bertz CT molecular complexity index is 650. The largest absolute Gasteiger partial charge is 0.426 e. The van der Waals surface area contributed by atoms with Crippen LogP contribution in [0.3, 0.4) is 0 Å². The predicted octanol–water partition coefficient (Wildman–Crippen LogP) is 3.36. The summed E-state index contributed by atoms with van der Waals surface area (Å²) in [5.74, 6) is -0.886. The fourth-order valence-electron chi connectivity index (χ4n) is 1.56. The van der Waals surface area contributed by atoms with Gasteiger partial charge in [-0.2, -0.15) is 0 Å². The third-order valence-electron chi connectivity index (χ3n) is 2.62. The van der Waals surface area contributed by atoms with E-state index in [9.17, 15) is 14.0 Å². The van der Waals surface area contributed by atoms with Crippen LogP contribution >= 0.6 is 0 Å². The monoisotopic (exact) mass is 288 g/mol. The Morgan fingerprint density at radius 3 is 2.24 bits per heavy atom. The van der Waals surface area contributed by atoms with E-state index in [0.29, 0.717) is 5.75 Å². The van der Waals surface area contributed by atoms with Crippen molar-refractivity contribution in [3.05, 3.63) is 59.9 Å². The summed E-state index contributed by atoms with van der Waals surface area (Å²) in [6.07, 6.45) is 0.250. The second kappa shape index (κ2) is 6.65. The Hall–Kier alpha value is -2.69. The van der Waals surface area contributed by atoms with Crippen LogP contribution in [0.4, 0.5) is 4.39 Å². The minimum absolute atomic E-state index is 0.229. The number of benzene rings is 2. The standard InChI is InChI=1S/C16H13FO4/c1-2-15(18)20-13-4-3-5-14(10-13)21-16(19)11-6-8-12(17)9-7-11/h3-10H,2H2,1H3. The van der Waals surface area contributed by atoms with Crippen molar-refractivity contribution in [1.29, 1.82) is 0 Å². The van der Waals surface area contributed by atoms with E-state index in [-0.39, 0.29) is 23.7 Å². The van der Waals surface area contributed by atoms with Crippen molar-refractivity contribution in [2.75, 3.05) is 0 Å². The van der Waals surface area contributed by atoms with Crippen LogP contribution in [-0.2, 0) is 4.79 Å². The van der Waals surface area contributed by atoms with Crippen molar-refractivity contribution in [2.45, 2.75) is 13.3 Å². The van der Waals surface area contributed by atoms with Crippen molar-refractivity contribution in [3.63, 3.8) is 0 Å². The molecule has 0 unspecified atom stereocenters. The van der Waals surface area contributed by atoms with Crippen LogP contribution in [-0.4, -0.2) is 11.9 Å². The molecule has 0 amide bonds. The SMILES string of the molecule is CCC(=O)Oc1cccc(OC(=O)c2ccc(F)cc2)c1. The first kappa shape index (κ1) is 14.7. The van der Waals surface area contributed by atoms with Gasteiger partial charge in [-0.05, 0) is 36.4 Å². The highest BCUT2D eigenvalue weighted by Crippen LogP contribution is 2.21. The number of esters is 2. The molecule has 0 spiro atoms. The summed E-state index contributed by atoms with van der Waals surface area (Å²) in [6, 6.07) is 11.2. The molecule has 0 aliphatic heterocycles. The minimum atomic E-state index is -0.617. The normalized spacial score (nSPS) is 10.0. The molecule has 21 heavy (non-hydrogen) atoms. The van der Waals surface area contributed by atoms with Crippen LogP contribution in [0, 0.1) is 5.82 Å². The lowest BCUT2D eigenvalue weighted by atomic mass is 10.2. The molecule has 0 atom stereocenters. The topological polar surface area (TPSA) is 52.6 Å². The van der Waals surface area contributed by atoms with E-state index in [0.717, 1.165) is 0 Å². The average molecular weight is 288 g/mol. The molecule has 0 aromatic heterocycles. The van der Waals surface area contributed by atoms with Crippen LogP contribution in [0.5, 0.6) is 11.5 Å². The van der Waals surface area contributed by atoms with Gasteiger partial charge < -0.3 is 9.47 Å². The second-order valence-corrected chi connectivity index (χ2v) is 4.20. The van der Waals surface area contributed by atoms with Crippen LogP contribution < -0.4 is 9.47 Å². The lowest BCUT2D eigenvalue weighted by molar-refractivity contribution is -0.134. The zero-order chi connectivity index (χ0) is 15.2. The molecule has 0 fully saturated rings. The van der Waals surface area contributed by atoms with Gasteiger partial charge in [-0.3, -0.25) is 4.79 Å². The van der Waals surface area contributed by atoms with E-state index in [1.165, 1.54) is 30.3 Å². The molecular formula is C16H13FO4. The van der Waals surface area contributed by atoms with E-state index in [1.54, 1.807) is 25.1 Å². The van der Waals surface area contributed by atoms with Crippen molar-refractivity contribution < 1.29 is 23.5 Å². The molecule has 0 aliphatic rings. The van der Waals surface area contributed by atoms with Gasteiger partial charge in [0.25, 0.3) is 0 Å². The molecule has 5 heteroatoms. The van der Waals surface area contributed by atoms with Crippen molar-refractivity contribution in [3.8, 4) is 11.5 Å². The molecule has 2 rings (SSSR count). The quantitative estimate of drug-likeness (QED) is 0.639. The summed E-state index contributed by atoms with van der Waals surface area (Å²) in [7, 11) is 0. The van der Waals surface area contributed by atoms with Gasteiger partial charge in [-0.25, -0.2) is 9.18 Å². The first-order valence-corrected chi connectivity index (χ1v) is 6.37. The Kier molecular flexibility index (Phi) is 4.66. The number of hydrogen-bond donors (Lipinski definition) is 0. The molecule has 0 radical (unpaired) electrons. The smallest absolute Gasteiger partial charge is 0.343 e. The molecular weight excluding hydrogens is 275 g/mol. The number of rotatable bonds is 4. The van der Waals surface area contributed by atoms with E-state index < -0.39 is 11.8 Å². The Morgan fingerprint density at radius 1 is 1.00 bits per heavy atom. The number of halogens is 1. The maximum atomic E-state index is 12.8. The highest BCUT2D eigenvalue weighted by molar-refractivity contribution is 5.91. The summed E-state index contributed by atoms with van der Waals surface area (Å²) >= 11 is 0. The van der Waals surface area contributed by atoms with Crippen LogP contribution in [0.15, 0.2) is 48.5 Å².